The van der Waals surface area contributed by atoms with E-state index in [-0.39, 0.29) is 18.0 Å². The first-order chi connectivity index (χ1) is 13.6. The number of amides is 1. The maximum absolute atomic E-state index is 13.7. The molecule has 1 heterocycles. The summed E-state index contributed by atoms with van der Waals surface area (Å²) in [5.74, 6) is -0.276. The lowest BCUT2D eigenvalue weighted by Gasteiger charge is -2.24. The number of benzene rings is 2. The van der Waals surface area contributed by atoms with Gasteiger partial charge in [-0.3, -0.25) is 4.90 Å². The van der Waals surface area contributed by atoms with Gasteiger partial charge in [-0.05, 0) is 48.2 Å². The highest BCUT2D eigenvalue weighted by atomic mass is 19.1. The van der Waals surface area contributed by atoms with Crippen molar-refractivity contribution in [2.45, 2.75) is 33.7 Å². The smallest absolute Gasteiger partial charge is 0.410 e. The second kappa shape index (κ2) is 11.8. The van der Waals surface area contributed by atoms with Gasteiger partial charge in [0.2, 0.25) is 0 Å². The Morgan fingerprint density at radius 1 is 1.18 bits per heavy atom. The van der Waals surface area contributed by atoms with Gasteiger partial charge in [0.25, 0.3) is 0 Å². The molecule has 2 aromatic carbocycles. The van der Waals surface area contributed by atoms with E-state index in [1.165, 1.54) is 12.1 Å². The predicted octanol–water partition coefficient (Wildman–Crippen LogP) is 6.56. The maximum Gasteiger partial charge on any atom is 0.410 e. The van der Waals surface area contributed by atoms with Crippen LogP contribution in [0.25, 0.3) is 5.57 Å². The number of aryl methyl sites for hydroxylation is 1. The number of carbonyl (C=O) groups excluding carboxylic acids is 1. The van der Waals surface area contributed by atoms with Gasteiger partial charge in [-0.2, -0.15) is 0 Å². The average Bonchev–Trinajstić information content (AvgIpc) is 3.19. The molecule has 0 bridgehead atoms. The Bertz CT molecular complexity index is 786. The number of hydrogen-bond acceptors (Lipinski definition) is 2. The normalized spacial score (nSPS) is 14.8. The molecule has 3 rings (SSSR count). The average molecular weight is 384 g/mol. The second-order valence-electron chi connectivity index (χ2n) is 5.83. The van der Waals surface area contributed by atoms with Gasteiger partial charge in [0, 0.05) is 0 Å². The fourth-order valence-corrected chi connectivity index (χ4v) is 3.04. The Morgan fingerprint density at radius 2 is 1.82 bits per heavy atom. The van der Waals surface area contributed by atoms with Crippen molar-refractivity contribution in [2.75, 3.05) is 13.2 Å². The summed E-state index contributed by atoms with van der Waals surface area (Å²) in [5, 5.41) is 0. The van der Waals surface area contributed by atoms with E-state index in [2.05, 4.69) is 13.2 Å². The molecule has 0 radical (unpaired) electrons. The highest BCUT2D eigenvalue weighted by molar-refractivity contribution is 5.79. The number of rotatable bonds is 3. The van der Waals surface area contributed by atoms with Crippen molar-refractivity contribution in [3.63, 3.8) is 0 Å². The monoisotopic (exact) mass is 383 g/mol. The van der Waals surface area contributed by atoms with Gasteiger partial charge in [0.1, 0.15) is 5.82 Å². The third-order valence-electron chi connectivity index (χ3n) is 4.22. The number of nitrogens with zero attached hydrogens (tertiary/aromatic N) is 1. The maximum atomic E-state index is 13.7. The van der Waals surface area contributed by atoms with Crippen LogP contribution in [0.4, 0.5) is 9.18 Å². The Kier molecular flexibility index (Phi) is 9.72. The van der Waals surface area contributed by atoms with Crippen molar-refractivity contribution in [2.24, 2.45) is 0 Å². The minimum Gasteiger partial charge on any atom is -0.450 e. The summed E-state index contributed by atoms with van der Waals surface area (Å²) in [6.07, 6.45) is 1.67. The molecule has 4 heteroatoms. The molecule has 3 nitrogen and oxygen atoms in total. The Hall–Kier alpha value is -2.88. The number of hydrogen-bond donors (Lipinski definition) is 0. The lowest BCUT2D eigenvalue weighted by molar-refractivity contribution is 0.106. The summed E-state index contributed by atoms with van der Waals surface area (Å²) in [6.45, 7) is 14.5. The summed E-state index contributed by atoms with van der Waals surface area (Å²) < 4.78 is 18.9. The molecule has 0 fully saturated rings. The van der Waals surface area contributed by atoms with Crippen molar-refractivity contribution in [3.8, 4) is 0 Å². The van der Waals surface area contributed by atoms with Crippen molar-refractivity contribution in [3.05, 3.63) is 90.3 Å². The molecule has 0 N–H and O–H groups in total. The number of carbonyl (C=O) groups is 1. The van der Waals surface area contributed by atoms with E-state index in [9.17, 15) is 9.18 Å². The quantitative estimate of drug-likeness (QED) is 0.562. The largest absolute Gasteiger partial charge is 0.450 e. The fraction of sp³-hybridized carbons (Fsp3) is 0.292. The minimum atomic E-state index is -0.355. The van der Waals surface area contributed by atoms with Crippen LogP contribution in [-0.4, -0.2) is 24.1 Å². The van der Waals surface area contributed by atoms with Crippen LogP contribution < -0.4 is 0 Å². The van der Waals surface area contributed by atoms with E-state index in [0.29, 0.717) is 13.2 Å². The Balaban J connectivity index is 0.000000921. The third-order valence-corrected chi connectivity index (χ3v) is 4.22. The molecule has 28 heavy (non-hydrogen) atoms. The fourth-order valence-electron chi connectivity index (χ4n) is 3.04. The van der Waals surface area contributed by atoms with Gasteiger partial charge < -0.3 is 4.74 Å². The van der Waals surface area contributed by atoms with Gasteiger partial charge in [-0.1, -0.05) is 56.3 Å². The lowest BCUT2D eigenvalue weighted by atomic mass is 9.99. The first-order valence-corrected chi connectivity index (χ1v) is 9.55. The first-order valence-electron chi connectivity index (χ1n) is 9.55. The molecule has 0 spiro atoms. The molecule has 1 aliphatic heterocycles. The number of ether oxygens (including phenoxy) is 1. The third kappa shape index (κ3) is 5.56. The standard InChI is InChI=1S/C20H20FNO2.C2H6.C2H4/c1-3-24-20(23)22-13-16(18-12-17(21)10-9-14(18)2)11-19(22)15-7-5-4-6-8-15;2*1-2/h4-12,19H,3,13H2,1-2H3;1-2H3;1-2H2. The van der Waals surface area contributed by atoms with Crippen molar-refractivity contribution in [1.29, 1.82) is 0 Å². The highest BCUT2D eigenvalue weighted by Gasteiger charge is 2.32. The van der Waals surface area contributed by atoms with Gasteiger partial charge in [-0.15, -0.1) is 13.2 Å². The van der Waals surface area contributed by atoms with Crippen LogP contribution in [0.3, 0.4) is 0 Å². The molecule has 1 unspecified atom stereocenters. The SMILES string of the molecule is C=C.CC.CCOC(=O)N1CC(c2cc(F)ccc2C)=CC1c1ccccc1. The van der Waals surface area contributed by atoms with E-state index in [4.69, 9.17) is 4.74 Å². The van der Waals surface area contributed by atoms with E-state index in [1.54, 1.807) is 17.9 Å². The lowest BCUT2D eigenvalue weighted by Crippen LogP contribution is -2.32. The van der Waals surface area contributed by atoms with E-state index in [0.717, 1.165) is 22.3 Å². The zero-order valence-electron chi connectivity index (χ0n) is 17.2. The molecule has 0 saturated carbocycles. The summed E-state index contributed by atoms with van der Waals surface area (Å²) in [6, 6.07) is 14.3. The molecule has 1 amide bonds. The van der Waals surface area contributed by atoms with Gasteiger partial charge in [0.05, 0.1) is 19.2 Å². The predicted molar refractivity (Wildman–Crippen MR) is 115 cm³/mol. The van der Waals surface area contributed by atoms with Crippen molar-refractivity contribution in [1.82, 2.24) is 4.90 Å². The Morgan fingerprint density at radius 3 is 2.43 bits per heavy atom. The second-order valence-corrected chi connectivity index (χ2v) is 5.83. The molecular weight excluding hydrogens is 353 g/mol. The summed E-state index contributed by atoms with van der Waals surface area (Å²) in [4.78, 5) is 14.0. The van der Waals surface area contributed by atoms with Crippen LogP contribution in [0.5, 0.6) is 0 Å². The van der Waals surface area contributed by atoms with Gasteiger partial charge in [0.15, 0.2) is 0 Å². The first kappa shape index (κ1) is 23.2. The highest BCUT2D eigenvalue weighted by Crippen LogP contribution is 2.36. The summed E-state index contributed by atoms with van der Waals surface area (Å²) >= 11 is 0. The Labute approximate surface area is 168 Å². The minimum absolute atomic E-state index is 0.206. The molecule has 150 valence electrons. The molecule has 0 aromatic heterocycles. The molecule has 1 atom stereocenters. The van der Waals surface area contributed by atoms with Gasteiger partial charge >= 0.3 is 6.09 Å². The van der Waals surface area contributed by atoms with Crippen molar-refractivity contribution >= 4 is 11.7 Å². The van der Waals surface area contributed by atoms with E-state index < -0.39 is 0 Å². The van der Waals surface area contributed by atoms with Crippen LogP contribution in [0.15, 0.2) is 67.8 Å². The molecule has 2 aromatic rings. The number of halogens is 1. The zero-order chi connectivity index (χ0) is 21.1. The zero-order valence-corrected chi connectivity index (χ0v) is 17.2. The molecular formula is C24H30FNO2. The topological polar surface area (TPSA) is 29.5 Å². The van der Waals surface area contributed by atoms with E-state index in [1.807, 2.05) is 57.2 Å². The van der Waals surface area contributed by atoms with Crippen LogP contribution in [0.2, 0.25) is 0 Å². The summed E-state index contributed by atoms with van der Waals surface area (Å²) in [7, 11) is 0. The van der Waals surface area contributed by atoms with E-state index >= 15 is 0 Å². The van der Waals surface area contributed by atoms with Crippen LogP contribution in [0, 0.1) is 12.7 Å². The molecule has 0 saturated heterocycles. The summed E-state index contributed by atoms with van der Waals surface area (Å²) in [5.41, 5.74) is 3.77. The molecule has 0 aliphatic carbocycles. The van der Waals surface area contributed by atoms with Crippen LogP contribution in [-0.2, 0) is 4.74 Å². The van der Waals surface area contributed by atoms with Crippen molar-refractivity contribution < 1.29 is 13.9 Å². The van der Waals surface area contributed by atoms with Gasteiger partial charge in [-0.25, -0.2) is 9.18 Å². The van der Waals surface area contributed by atoms with Crippen LogP contribution in [0.1, 0.15) is 43.5 Å². The van der Waals surface area contributed by atoms with Crippen LogP contribution >= 0.6 is 0 Å². The molecule has 1 aliphatic rings.